The maximum Gasteiger partial charge on any atom is 0.224 e. The van der Waals surface area contributed by atoms with Crippen LogP contribution in [0.4, 0.5) is 0 Å². The maximum atomic E-state index is 12.1. The van der Waals surface area contributed by atoms with Crippen LogP contribution < -0.4 is 15.4 Å². The fraction of sp³-hybridized carbons (Fsp3) is 0.533. The Morgan fingerprint density at radius 1 is 1.42 bits per heavy atom. The Morgan fingerprint density at radius 2 is 2.16 bits per heavy atom. The normalized spacial score (nSPS) is 20.6. The van der Waals surface area contributed by atoms with Gasteiger partial charge in [0.05, 0.1) is 19.1 Å². The van der Waals surface area contributed by atoms with Crippen LogP contribution in [0.3, 0.4) is 0 Å². The number of amides is 1. The Bertz CT molecular complexity index is 411. The molecule has 0 spiro atoms. The van der Waals surface area contributed by atoms with E-state index in [-0.39, 0.29) is 17.9 Å². The molecule has 0 radical (unpaired) electrons. The van der Waals surface area contributed by atoms with Gasteiger partial charge in [0, 0.05) is 6.54 Å². The molecule has 1 saturated heterocycles. The third kappa shape index (κ3) is 3.70. The molecule has 0 bridgehead atoms. The van der Waals surface area contributed by atoms with Crippen molar-refractivity contribution in [2.24, 2.45) is 5.92 Å². The van der Waals surface area contributed by atoms with Crippen LogP contribution >= 0.6 is 0 Å². The Morgan fingerprint density at radius 3 is 2.74 bits per heavy atom. The van der Waals surface area contributed by atoms with Gasteiger partial charge in [0.25, 0.3) is 0 Å². The fourth-order valence-electron chi connectivity index (χ4n) is 2.38. The van der Waals surface area contributed by atoms with Gasteiger partial charge in [0.2, 0.25) is 5.91 Å². The van der Waals surface area contributed by atoms with Gasteiger partial charge in [-0.2, -0.15) is 0 Å². The van der Waals surface area contributed by atoms with Gasteiger partial charge in [0.1, 0.15) is 5.75 Å². The second kappa shape index (κ2) is 6.57. The Labute approximate surface area is 114 Å². The van der Waals surface area contributed by atoms with Crippen molar-refractivity contribution in [1.29, 1.82) is 0 Å². The molecule has 1 aromatic carbocycles. The lowest BCUT2D eigenvalue weighted by molar-refractivity contribution is -0.126. The number of carbonyl (C=O) groups is 1. The summed E-state index contributed by atoms with van der Waals surface area (Å²) >= 11 is 0. The first-order valence-corrected chi connectivity index (χ1v) is 6.85. The molecule has 1 amide bonds. The summed E-state index contributed by atoms with van der Waals surface area (Å²) in [6.07, 6.45) is 2.06. The number of rotatable bonds is 4. The molecule has 1 fully saturated rings. The predicted octanol–water partition coefficient (Wildman–Crippen LogP) is 1.87. The highest BCUT2D eigenvalue weighted by molar-refractivity contribution is 5.79. The van der Waals surface area contributed by atoms with Gasteiger partial charge in [-0.1, -0.05) is 12.1 Å². The second-order valence-corrected chi connectivity index (χ2v) is 5.05. The quantitative estimate of drug-likeness (QED) is 0.871. The van der Waals surface area contributed by atoms with Crippen molar-refractivity contribution < 1.29 is 9.53 Å². The van der Waals surface area contributed by atoms with E-state index in [0.717, 1.165) is 37.2 Å². The monoisotopic (exact) mass is 262 g/mol. The number of carbonyl (C=O) groups excluding carboxylic acids is 1. The summed E-state index contributed by atoms with van der Waals surface area (Å²) in [6, 6.07) is 7.84. The molecule has 0 aliphatic carbocycles. The largest absolute Gasteiger partial charge is 0.497 e. The van der Waals surface area contributed by atoms with Crippen LogP contribution in [0, 0.1) is 5.92 Å². The van der Waals surface area contributed by atoms with Crippen molar-refractivity contribution in [1.82, 2.24) is 10.6 Å². The molecule has 1 aromatic rings. The van der Waals surface area contributed by atoms with Crippen LogP contribution in [0.5, 0.6) is 5.75 Å². The first-order valence-electron chi connectivity index (χ1n) is 6.85. The molecule has 2 atom stereocenters. The highest BCUT2D eigenvalue weighted by Gasteiger charge is 2.22. The number of benzene rings is 1. The van der Waals surface area contributed by atoms with Crippen LogP contribution in [0.1, 0.15) is 31.4 Å². The van der Waals surface area contributed by atoms with Crippen LogP contribution in [0.25, 0.3) is 0 Å². The molecular weight excluding hydrogens is 240 g/mol. The number of hydrogen-bond acceptors (Lipinski definition) is 3. The highest BCUT2D eigenvalue weighted by atomic mass is 16.5. The van der Waals surface area contributed by atoms with E-state index in [2.05, 4.69) is 10.6 Å². The second-order valence-electron chi connectivity index (χ2n) is 5.05. The van der Waals surface area contributed by atoms with Crippen molar-refractivity contribution in [3.8, 4) is 5.75 Å². The zero-order valence-electron chi connectivity index (χ0n) is 11.6. The van der Waals surface area contributed by atoms with E-state index in [9.17, 15) is 4.79 Å². The lowest BCUT2D eigenvalue weighted by atomic mass is 9.98. The lowest BCUT2D eigenvalue weighted by Crippen LogP contribution is -2.41. The minimum Gasteiger partial charge on any atom is -0.497 e. The minimum atomic E-state index is 0.0281. The summed E-state index contributed by atoms with van der Waals surface area (Å²) in [5.74, 6) is 1.09. The fourth-order valence-corrected chi connectivity index (χ4v) is 2.38. The van der Waals surface area contributed by atoms with Gasteiger partial charge < -0.3 is 15.4 Å². The van der Waals surface area contributed by atoms with E-state index in [1.807, 2.05) is 31.2 Å². The standard InChI is InChI=1S/C15H22N2O2/c1-11(12-5-7-14(19-2)8-6-12)17-15(18)13-4-3-9-16-10-13/h5-8,11,13,16H,3-4,9-10H2,1-2H3,(H,17,18)/t11-,13?/m0/s1. The van der Waals surface area contributed by atoms with E-state index in [4.69, 9.17) is 4.74 Å². The molecular formula is C15H22N2O2. The number of nitrogens with one attached hydrogen (secondary N) is 2. The lowest BCUT2D eigenvalue weighted by Gasteiger charge is -2.24. The van der Waals surface area contributed by atoms with Gasteiger partial charge in [-0.25, -0.2) is 0 Å². The van der Waals surface area contributed by atoms with Gasteiger partial charge in [0.15, 0.2) is 0 Å². The first kappa shape index (κ1) is 13.9. The predicted molar refractivity (Wildman–Crippen MR) is 75.1 cm³/mol. The first-order chi connectivity index (χ1) is 9.20. The molecule has 19 heavy (non-hydrogen) atoms. The highest BCUT2D eigenvalue weighted by Crippen LogP contribution is 2.18. The molecule has 1 aliphatic heterocycles. The number of ether oxygens (including phenoxy) is 1. The van der Waals surface area contributed by atoms with Gasteiger partial charge >= 0.3 is 0 Å². The van der Waals surface area contributed by atoms with Crippen molar-refractivity contribution in [3.05, 3.63) is 29.8 Å². The third-order valence-corrected chi connectivity index (χ3v) is 3.64. The molecule has 0 aromatic heterocycles. The van der Waals surface area contributed by atoms with Crippen molar-refractivity contribution in [3.63, 3.8) is 0 Å². The Balaban J connectivity index is 1.91. The van der Waals surface area contributed by atoms with E-state index in [1.54, 1.807) is 7.11 Å². The van der Waals surface area contributed by atoms with Crippen molar-refractivity contribution in [2.75, 3.05) is 20.2 Å². The van der Waals surface area contributed by atoms with E-state index < -0.39 is 0 Å². The number of piperidine rings is 1. The summed E-state index contributed by atoms with van der Waals surface area (Å²) < 4.78 is 5.13. The average Bonchev–Trinajstić information content (AvgIpc) is 2.48. The van der Waals surface area contributed by atoms with Gasteiger partial charge in [-0.05, 0) is 44.0 Å². The summed E-state index contributed by atoms with van der Waals surface area (Å²) in [7, 11) is 1.65. The van der Waals surface area contributed by atoms with E-state index in [1.165, 1.54) is 0 Å². The molecule has 4 nitrogen and oxygen atoms in total. The van der Waals surface area contributed by atoms with Crippen LogP contribution in [0.2, 0.25) is 0 Å². The van der Waals surface area contributed by atoms with Crippen LogP contribution in [-0.4, -0.2) is 26.1 Å². The van der Waals surface area contributed by atoms with Crippen LogP contribution in [0.15, 0.2) is 24.3 Å². The SMILES string of the molecule is COc1ccc([C@H](C)NC(=O)C2CCCNC2)cc1. The summed E-state index contributed by atoms with van der Waals surface area (Å²) in [6.45, 7) is 3.83. The summed E-state index contributed by atoms with van der Waals surface area (Å²) in [5, 5.41) is 6.35. The maximum absolute atomic E-state index is 12.1. The molecule has 2 rings (SSSR count). The smallest absolute Gasteiger partial charge is 0.224 e. The summed E-state index contributed by atoms with van der Waals surface area (Å²) in [4.78, 5) is 12.1. The minimum absolute atomic E-state index is 0.0281. The molecule has 4 heteroatoms. The summed E-state index contributed by atoms with van der Waals surface area (Å²) in [5.41, 5.74) is 1.10. The van der Waals surface area contributed by atoms with Gasteiger partial charge in [-0.3, -0.25) is 4.79 Å². The number of hydrogen-bond donors (Lipinski definition) is 2. The topological polar surface area (TPSA) is 50.4 Å². The zero-order valence-corrected chi connectivity index (χ0v) is 11.6. The van der Waals surface area contributed by atoms with Crippen LogP contribution in [-0.2, 0) is 4.79 Å². The average molecular weight is 262 g/mol. The molecule has 1 heterocycles. The molecule has 1 aliphatic rings. The third-order valence-electron chi connectivity index (χ3n) is 3.64. The molecule has 0 saturated carbocycles. The Kier molecular flexibility index (Phi) is 4.80. The van der Waals surface area contributed by atoms with Crippen molar-refractivity contribution >= 4 is 5.91 Å². The van der Waals surface area contributed by atoms with Gasteiger partial charge in [-0.15, -0.1) is 0 Å². The number of methoxy groups -OCH3 is 1. The molecule has 1 unspecified atom stereocenters. The van der Waals surface area contributed by atoms with E-state index in [0.29, 0.717) is 0 Å². The molecule has 2 N–H and O–H groups in total. The van der Waals surface area contributed by atoms with E-state index >= 15 is 0 Å². The zero-order chi connectivity index (χ0) is 13.7. The molecule has 104 valence electrons. The van der Waals surface area contributed by atoms with Crippen molar-refractivity contribution in [2.45, 2.75) is 25.8 Å². The Hall–Kier alpha value is -1.55.